The van der Waals surface area contributed by atoms with Crippen LogP contribution in [-0.2, 0) is 6.42 Å². The lowest BCUT2D eigenvalue weighted by atomic mass is 10.1. The van der Waals surface area contributed by atoms with Crippen LogP contribution in [0.1, 0.15) is 62.9 Å². The first kappa shape index (κ1) is 13.7. The summed E-state index contributed by atoms with van der Waals surface area (Å²) in [5, 5.41) is 4.90. The van der Waals surface area contributed by atoms with Crippen molar-refractivity contribution in [1.82, 2.24) is 10.3 Å². The van der Waals surface area contributed by atoms with Crippen molar-refractivity contribution in [3.05, 3.63) is 16.1 Å². The van der Waals surface area contributed by atoms with Crippen LogP contribution in [0, 0.1) is 0 Å². The van der Waals surface area contributed by atoms with Crippen LogP contribution in [0.4, 0.5) is 0 Å². The lowest BCUT2D eigenvalue weighted by Gasteiger charge is -2.20. The van der Waals surface area contributed by atoms with E-state index in [1.54, 1.807) is 0 Å². The maximum atomic E-state index is 4.49. The number of thiazole rings is 1. The van der Waals surface area contributed by atoms with Crippen molar-refractivity contribution < 1.29 is 0 Å². The molecule has 0 aliphatic carbocycles. The van der Waals surface area contributed by atoms with Gasteiger partial charge in [0.2, 0.25) is 0 Å². The van der Waals surface area contributed by atoms with Crippen LogP contribution in [0.25, 0.3) is 0 Å². The highest BCUT2D eigenvalue weighted by molar-refractivity contribution is 7.11. The summed E-state index contributed by atoms with van der Waals surface area (Å²) in [4.78, 5) is 5.87. The normalized spacial score (nSPS) is 15.0. The number of hydrogen-bond donors (Lipinski definition) is 1. The molecule has 0 radical (unpaired) electrons. The molecule has 2 nitrogen and oxygen atoms in total. The van der Waals surface area contributed by atoms with E-state index in [-0.39, 0.29) is 0 Å². The Morgan fingerprint density at radius 3 is 2.62 bits per heavy atom. The molecule has 0 fully saturated rings. The molecular weight excluding hydrogens is 216 g/mol. The Kier molecular flexibility index (Phi) is 5.99. The van der Waals surface area contributed by atoms with Gasteiger partial charge in [-0.2, -0.15) is 0 Å². The molecule has 1 aromatic rings. The van der Waals surface area contributed by atoms with Crippen molar-refractivity contribution in [3.8, 4) is 0 Å². The molecule has 3 heteroatoms. The number of aromatic nitrogens is 1. The van der Waals surface area contributed by atoms with E-state index in [9.17, 15) is 0 Å². The number of hydrogen-bond acceptors (Lipinski definition) is 3. The molecule has 2 atom stereocenters. The third kappa shape index (κ3) is 3.87. The van der Waals surface area contributed by atoms with Gasteiger partial charge in [-0.1, -0.05) is 27.2 Å². The molecule has 0 saturated carbocycles. The van der Waals surface area contributed by atoms with E-state index in [0.717, 1.165) is 6.42 Å². The number of nitrogens with zero attached hydrogens (tertiary/aromatic N) is 1. The second-order valence-corrected chi connectivity index (χ2v) is 5.45. The summed E-state index contributed by atoms with van der Waals surface area (Å²) in [6, 6.07) is 1.02. The van der Waals surface area contributed by atoms with Gasteiger partial charge in [0.15, 0.2) is 0 Å². The van der Waals surface area contributed by atoms with E-state index in [4.69, 9.17) is 0 Å². The van der Waals surface area contributed by atoms with E-state index in [1.807, 2.05) is 17.5 Å². The predicted molar refractivity (Wildman–Crippen MR) is 72.0 cm³/mol. The van der Waals surface area contributed by atoms with Crippen LogP contribution in [0.2, 0.25) is 0 Å². The van der Waals surface area contributed by atoms with Crippen LogP contribution in [-0.4, -0.2) is 11.0 Å². The van der Waals surface area contributed by atoms with Crippen molar-refractivity contribution in [2.24, 2.45) is 0 Å². The highest BCUT2D eigenvalue weighted by Crippen LogP contribution is 2.21. The van der Waals surface area contributed by atoms with Crippen molar-refractivity contribution in [3.63, 3.8) is 0 Å². The highest BCUT2D eigenvalue weighted by Gasteiger charge is 2.13. The largest absolute Gasteiger partial charge is 0.305 e. The first-order valence-corrected chi connectivity index (χ1v) is 7.23. The molecule has 92 valence electrons. The van der Waals surface area contributed by atoms with Gasteiger partial charge in [-0.15, -0.1) is 11.3 Å². The Hall–Kier alpha value is -0.410. The van der Waals surface area contributed by atoms with Crippen LogP contribution >= 0.6 is 11.3 Å². The minimum Gasteiger partial charge on any atom is -0.305 e. The van der Waals surface area contributed by atoms with Gasteiger partial charge in [0.25, 0.3) is 0 Å². The van der Waals surface area contributed by atoms with Gasteiger partial charge in [0.05, 0.1) is 6.04 Å². The standard InChI is InChI=1S/C13H24N2S/c1-5-8-11(6-2)15-10(4)13-14-9-12(7-3)16-13/h9-11,15H,5-8H2,1-4H3. The molecule has 0 saturated heterocycles. The molecule has 0 aliphatic heterocycles. The van der Waals surface area contributed by atoms with Gasteiger partial charge < -0.3 is 5.32 Å². The summed E-state index contributed by atoms with van der Waals surface area (Å²) in [7, 11) is 0. The monoisotopic (exact) mass is 240 g/mol. The van der Waals surface area contributed by atoms with Crippen molar-refractivity contribution in [2.45, 2.75) is 65.5 Å². The summed E-state index contributed by atoms with van der Waals surface area (Å²) < 4.78 is 0. The molecule has 0 spiro atoms. The fourth-order valence-corrected chi connectivity index (χ4v) is 2.73. The van der Waals surface area contributed by atoms with E-state index >= 15 is 0 Å². The van der Waals surface area contributed by atoms with Gasteiger partial charge in [-0.05, 0) is 26.2 Å². The van der Waals surface area contributed by atoms with Crippen LogP contribution < -0.4 is 5.32 Å². The van der Waals surface area contributed by atoms with Gasteiger partial charge >= 0.3 is 0 Å². The van der Waals surface area contributed by atoms with E-state index in [1.165, 1.54) is 29.1 Å². The number of aryl methyl sites for hydroxylation is 1. The summed E-state index contributed by atoms with van der Waals surface area (Å²) in [5.41, 5.74) is 0. The Balaban J connectivity index is 2.52. The SMILES string of the molecule is CCCC(CC)NC(C)c1ncc(CC)s1. The maximum Gasteiger partial charge on any atom is 0.109 e. The summed E-state index contributed by atoms with van der Waals surface area (Å²) >= 11 is 1.84. The Labute approximate surface area is 103 Å². The predicted octanol–water partition coefficient (Wildman–Crippen LogP) is 3.93. The number of nitrogens with one attached hydrogen (secondary N) is 1. The van der Waals surface area contributed by atoms with E-state index in [2.05, 4.69) is 38.0 Å². The molecule has 0 amide bonds. The maximum absolute atomic E-state index is 4.49. The number of rotatable bonds is 7. The molecule has 1 heterocycles. The minimum absolute atomic E-state index is 0.391. The minimum atomic E-state index is 0.391. The molecule has 16 heavy (non-hydrogen) atoms. The molecule has 1 rings (SSSR count). The van der Waals surface area contributed by atoms with E-state index < -0.39 is 0 Å². The first-order valence-electron chi connectivity index (χ1n) is 6.41. The second kappa shape index (κ2) is 7.02. The Morgan fingerprint density at radius 2 is 2.12 bits per heavy atom. The van der Waals surface area contributed by atoms with Gasteiger partial charge in [-0.25, -0.2) is 4.98 Å². The zero-order valence-electron chi connectivity index (χ0n) is 10.9. The van der Waals surface area contributed by atoms with Gasteiger partial charge in [0, 0.05) is 17.1 Å². The fourth-order valence-electron chi connectivity index (χ4n) is 1.86. The lowest BCUT2D eigenvalue weighted by Crippen LogP contribution is -2.30. The van der Waals surface area contributed by atoms with Crippen LogP contribution in [0.5, 0.6) is 0 Å². The molecule has 1 N–H and O–H groups in total. The molecule has 1 aromatic heterocycles. The second-order valence-electron chi connectivity index (χ2n) is 4.30. The fraction of sp³-hybridized carbons (Fsp3) is 0.769. The summed E-state index contributed by atoms with van der Waals surface area (Å²) in [5.74, 6) is 0. The van der Waals surface area contributed by atoms with Crippen molar-refractivity contribution in [1.29, 1.82) is 0 Å². The average molecular weight is 240 g/mol. The van der Waals surface area contributed by atoms with Crippen LogP contribution in [0.15, 0.2) is 6.20 Å². The zero-order chi connectivity index (χ0) is 12.0. The molecule has 0 bridgehead atoms. The molecule has 0 aliphatic rings. The van der Waals surface area contributed by atoms with Gasteiger partial charge in [0.1, 0.15) is 5.01 Å². The van der Waals surface area contributed by atoms with Crippen molar-refractivity contribution >= 4 is 11.3 Å². The molecular formula is C13H24N2S. The third-order valence-electron chi connectivity index (χ3n) is 2.91. The quantitative estimate of drug-likeness (QED) is 0.781. The zero-order valence-corrected chi connectivity index (χ0v) is 11.7. The topological polar surface area (TPSA) is 24.9 Å². The first-order chi connectivity index (χ1) is 7.71. The molecule has 2 unspecified atom stereocenters. The average Bonchev–Trinajstić information content (AvgIpc) is 2.76. The Morgan fingerprint density at radius 1 is 1.38 bits per heavy atom. The van der Waals surface area contributed by atoms with Gasteiger partial charge in [-0.3, -0.25) is 0 Å². The smallest absolute Gasteiger partial charge is 0.109 e. The lowest BCUT2D eigenvalue weighted by molar-refractivity contribution is 0.416. The van der Waals surface area contributed by atoms with Crippen LogP contribution in [0.3, 0.4) is 0 Å². The summed E-state index contributed by atoms with van der Waals surface area (Å²) in [6.45, 7) is 8.89. The van der Waals surface area contributed by atoms with Crippen molar-refractivity contribution in [2.75, 3.05) is 0 Å². The van der Waals surface area contributed by atoms with E-state index in [0.29, 0.717) is 12.1 Å². The molecule has 0 aromatic carbocycles. The highest BCUT2D eigenvalue weighted by atomic mass is 32.1. The Bertz CT molecular complexity index is 296. The third-order valence-corrected chi connectivity index (χ3v) is 4.23. The summed E-state index contributed by atoms with van der Waals surface area (Å²) in [6.07, 6.45) is 6.81.